The van der Waals surface area contributed by atoms with Crippen LogP contribution in [0.5, 0.6) is 0 Å². The first-order valence-corrected chi connectivity index (χ1v) is 10.2. The van der Waals surface area contributed by atoms with Gasteiger partial charge in [-0.1, -0.05) is 24.3 Å². The van der Waals surface area contributed by atoms with E-state index in [1.165, 1.54) is 56.4 Å². The average molecular weight is 344 g/mol. The minimum atomic E-state index is 0.722. The molecule has 4 saturated heterocycles. The highest BCUT2D eigenvalue weighted by Crippen LogP contribution is 2.31. The van der Waals surface area contributed by atoms with Gasteiger partial charge in [-0.05, 0) is 55.7 Å². The first-order chi connectivity index (χ1) is 12.3. The Balaban J connectivity index is 1.42. The second-order valence-electron chi connectivity index (χ2n) is 8.18. The van der Waals surface area contributed by atoms with Gasteiger partial charge >= 0.3 is 0 Å². The summed E-state index contributed by atoms with van der Waals surface area (Å²) in [5, 5.41) is 0. The molecule has 4 aliphatic heterocycles. The van der Waals surface area contributed by atoms with E-state index in [2.05, 4.69) is 34.1 Å². The van der Waals surface area contributed by atoms with Crippen LogP contribution in [0.1, 0.15) is 36.8 Å². The molecule has 0 unspecified atom stereocenters. The third-order valence-electron chi connectivity index (χ3n) is 6.37. The third-order valence-corrected chi connectivity index (χ3v) is 6.37. The van der Waals surface area contributed by atoms with Crippen molar-refractivity contribution in [3.8, 4) is 0 Å². The highest BCUT2D eigenvalue weighted by Gasteiger charge is 2.37. The molecule has 2 N–H and O–H groups in total. The van der Waals surface area contributed by atoms with Crippen molar-refractivity contribution in [3.63, 3.8) is 0 Å². The van der Waals surface area contributed by atoms with Crippen molar-refractivity contribution >= 4 is 0 Å². The molecule has 25 heavy (non-hydrogen) atoms. The lowest BCUT2D eigenvalue weighted by atomic mass is 9.94. The van der Waals surface area contributed by atoms with Gasteiger partial charge in [0.25, 0.3) is 0 Å². The summed E-state index contributed by atoms with van der Waals surface area (Å²) in [6.07, 6.45) is 6.21. The van der Waals surface area contributed by atoms with Crippen molar-refractivity contribution in [1.29, 1.82) is 0 Å². The molecule has 4 heteroatoms. The number of hydrogen-bond acceptors (Lipinski definition) is 4. The van der Waals surface area contributed by atoms with Gasteiger partial charge in [0.05, 0.1) is 0 Å². The zero-order valence-electron chi connectivity index (χ0n) is 15.4. The minimum absolute atomic E-state index is 0.722. The van der Waals surface area contributed by atoms with Crippen LogP contribution in [-0.2, 0) is 17.7 Å². The Hall–Kier alpha value is -0.940. The average Bonchev–Trinajstić information content (AvgIpc) is 2.95. The van der Waals surface area contributed by atoms with Gasteiger partial charge in [-0.15, -0.1) is 0 Å². The number of benzene rings is 1. The van der Waals surface area contributed by atoms with E-state index >= 15 is 0 Å². The van der Waals surface area contributed by atoms with E-state index in [0.29, 0.717) is 0 Å². The maximum absolute atomic E-state index is 5.73. The van der Waals surface area contributed by atoms with Gasteiger partial charge in [0.1, 0.15) is 0 Å². The highest BCUT2D eigenvalue weighted by atomic mass is 16.5. The number of ether oxygens (including phenoxy) is 1. The summed E-state index contributed by atoms with van der Waals surface area (Å²) >= 11 is 0. The molecular weight excluding hydrogens is 310 g/mol. The van der Waals surface area contributed by atoms with E-state index in [1.54, 1.807) is 0 Å². The Bertz CT molecular complexity index is 558. The van der Waals surface area contributed by atoms with Crippen molar-refractivity contribution in [1.82, 2.24) is 9.80 Å². The summed E-state index contributed by atoms with van der Waals surface area (Å²) in [6.45, 7) is 7.56. The first kappa shape index (κ1) is 17.5. The summed E-state index contributed by atoms with van der Waals surface area (Å²) in [4.78, 5) is 5.56. The predicted octanol–water partition coefficient (Wildman–Crippen LogP) is 2.26. The molecule has 0 spiro atoms. The van der Waals surface area contributed by atoms with E-state index in [-0.39, 0.29) is 0 Å². The molecule has 4 heterocycles. The number of rotatable bonds is 5. The van der Waals surface area contributed by atoms with Crippen molar-refractivity contribution in [2.75, 3.05) is 39.4 Å². The van der Waals surface area contributed by atoms with Crippen molar-refractivity contribution in [2.45, 2.75) is 50.7 Å². The summed E-state index contributed by atoms with van der Waals surface area (Å²) in [7, 11) is 0. The zero-order chi connectivity index (χ0) is 17.1. The Labute approximate surface area is 152 Å². The third kappa shape index (κ3) is 4.25. The van der Waals surface area contributed by atoms with E-state index < -0.39 is 0 Å². The zero-order valence-corrected chi connectivity index (χ0v) is 15.4. The molecule has 0 aromatic heterocycles. The number of piperidine rings is 1. The second-order valence-corrected chi connectivity index (χ2v) is 8.18. The molecule has 0 aliphatic carbocycles. The molecule has 4 aliphatic rings. The van der Waals surface area contributed by atoms with Crippen LogP contribution in [0.2, 0.25) is 0 Å². The molecule has 0 amide bonds. The maximum atomic E-state index is 5.73. The summed E-state index contributed by atoms with van der Waals surface area (Å²) in [5.74, 6) is 0.841. The van der Waals surface area contributed by atoms with Gasteiger partial charge in [-0.2, -0.15) is 0 Å². The van der Waals surface area contributed by atoms with E-state index in [4.69, 9.17) is 10.5 Å². The largest absolute Gasteiger partial charge is 0.381 e. The molecule has 0 saturated carbocycles. The van der Waals surface area contributed by atoms with Crippen LogP contribution in [0.4, 0.5) is 0 Å². The Morgan fingerprint density at radius 1 is 0.960 bits per heavy atom. The fourth-order valence-electron chi connectivity index (χ4n) is 5.04. The lowest BCUT2D eigenvalue weighted by molar-refractivity contribution is 0.0307. The van der Waals surface area contributed by atoms with Crippen LogP contribution < -0.4 is 5.73 Å². The molecule has 5 rings (SSSR count). The van der Waals surface area contributed by atoms with Crippen molar-refractivity contribution in [3.05, 3.63) is 35.4 Å². The quantitative estimate of drug-likeness (QED) is 0.890. The van der Waals surface area contributed by atoms with E-state index in [1.807, 2.05) is 0 Å². The molecule has 2 bridgehead atoms. The van der Waals surface area contributed by atoms with Crippen LogP contribution in [0.15, 0.2) is 24.3 Å². The summed E-state index contributed by atoms with van der Waals surface area (Å²) in [5.41, 5.74) is 8.56. The smallest absolute Gasteiger partial charge is 0.0480 e. The van der Waals surface area contributed by atoms with Crippen molar-refractivity contribution in [2.24, 2.45) is 11.7 Å². The molecule has 2 atom stereocenters. The van der Waals surface area contributed by atoms with Gasteiger partial charge in [-0.3, -0.25) is 9.80 Å². The fraction of sp³-hybridized carbons (Fsp3) is 0.714. The Morgan fingerprint density at radius 2 is 1.80 bits per heavy atom. The van der Waals surface area contributed by atoms with Gasteiger partial charge < -0.3 is 10.5 Å². The molecule has 4 fully saturated rings. The number of hydrogen-bond donors (Lipinski definition) is 1. The highest BCUT2D eigenvalue weighted by molar-refractivity contribution is 5.24. The summed E-state index contributed by atoms with van der Waals surface area (Å²) < 4.78 is 5.58. The topological polar surface area (TPSA) is 41.7 Å². The number of nitrogens with zero attached hydrogens (tertiary/aromatic N) is 2. The molecule has 1 aromatic rings. The van der Waals surface area contributed by atoms with Crippen molar-refractivity contribution < 1.29 is 4.74 Å². The second kappa shape index (κ2) is 8.17. The van der Waals surface area contributed by atoms with Gasteiger partial charge in [0.15, 0.2) is 0 Å². The first-order valence-electron chi connectivity index (χ1n) is 10.2. The number of fused-ring (bicyclic) bond motifs is 4. The monoisotopic (exact) mass is 343 g/mol. The standard InChI is InChI=1S/C21H33N3O/c22-9-6-17-2-1-3-18(12-17)13-23-14-19-4-5-21(23)16-24(15-19)20-7-10-25-11-8-20/h1-3,12,19-21H,4-11,13-16,22H2/t19-,21-/m1/s1. The fourth-order valence-corrected chi connectivity index (χ4v) is 5.04. The maximum Gasteiger partial charge on any atom is 0.0480 e. The lowest BCUT2D eigenvalue weighted by Crippen LogP contribution is -2.45. The minimum Gasteiger partial charge on any atom is -0.381 e. The van der Waals surface area contributed by atoms with Crippen LogP contribution in [0.25, 0.3) is 0 Å². The Kier molecular flexibility index (Phi) is 5.71. The molecular formula is C21H33N3O. The normalized spacial score (nSPS) is 29.0. The molecule has 138 valence electrons. The van der Waals surface area contributed by atoms with Gasteiger partial charge in [0, 0.05) is 51.5 Å². The molecule has 4 nitrogen and oxygen atoms in total. The summed E-state index contributed by atoms with van der Waals surface area (Å²) in [6, 6.07) is 10.5. The van der Waals surface area contributed by atoms with E-state index in [0.717, 1.165) is 50.7 Å². The van der Waals surface area contributed by atoms with Crippen LogP contribution in [0, 0.1) is 5.92 Å². The SMILES string of the molecule is NCCc1cccc(CN2C[C@H]3CC[C@@H]2CN(C2CCOCC2)C3)c1. The van der Waals surface area contributed by atoms with Gasteiger partial charge in [0.2, 0.25) is 0 Å². The van der Waals surface area contributed by atoms with E-state index in [9.17, 15) is 0 Å². The molecule has 0 radical (unpaired) electrons. The van der Waals surface area contributed by atoms with Crippen LogP contribution >= 0.6 is 0 Å². The Morgan fingerprint density at radius 3 is 2.64 bits per heavy atom. The number of nitrogens with two attached hydrogens (primary N) is 1. The van der Waals surface area contributed by atoms with Crippen LogP contribution in [-0.4, -0.2) is 61.3 Å². The van der Waals surface area contributed by atoms with Gasteiger partial charge in [-0.25, -0.2) is 0 Å². The molecule has 1 aromatic carbocycles. The lowest BCUT2D eigenvalue weighted by Gasteiger charge is -2.37. The van der Waals surface area contributed by atoms with Crippen LogP contribution in [0.3, 0.4) is 0 Å². The predicted molar refractivity (Wildman–Crippen MR) is 102 cm³/mol.